The first kappa shape index (κ1) is 20.0. The third kappa shape index (κ3) is 7.48. The molecule has 0 bridgehead atoms. The number of rotatable bonds is 9. The Morgan fingerprint density at radius 3 is 2.50 bits per heavy atom. The summed E-state index contributed by atoms with van der Waals surface area (Å²) in [6.07, 6.45) is 6.95. The molecular weight excluding hydrogens is 326 g/mol. The maximum Gasteiger partial charge on any atom is 0.313 e. The molecule has 0 aliphatic carbocycles. The van der Waals surface area contributed by atoms with Gasteiger partial charge in [0.15, 0.2) is 0 Å². The molecule has 1 aromatic carbocycles. The van der Waals surface area contributed by atoms with Crippen molar-refractivity contribution in [3.05, 3.63) is 54.1 Å². The van der Waals surface area contributed by atoms with Gasteiger partial charge in [0.05, 0.1) is 12.0 Å². The Hall–Kier alpha value is -2.05. The lowest BCUT2D eigenvalue weighted by molar-refractivity contribution is -0.143. The average molecular weight is 349 g/mol. The van der Waals surface area contributed by atoms with Crippen molar-refractivity contribution >= 4 is 22.7 Å². The van der Waals surface area contributed by atoms with Crippen LogP contribution < -0.4 is 4.72 Å². The van der Waals surface area contributed by atoms with E-state index in [4.69, 9.17) is 0 Å². The van der Waals surface area contributed by atoms with Crippen LogP contribution >= 0.6 is 0 Å². The fourth-order valence-corrected chi connectivity index (χ4v) is 2.83. The summed E-state index contributed by atoms with van der Waals surface area (Å²) < 4.78 is 19.8. The summed E-state index contributed by atoms with van der Waals surface area (Å²) in [4.78, 5) is 23.7. The van der Waals surface area contributed by atoms with E-state index < -0.39 is 23.0 Å². The highest BCUT2D eigenvalue weighted by atomic mass is 32.2. The van der Waals surface area contributed by atoms with Gasteiger partial charge >= 0.3 is 5.97 Å². The number of methoxy groups -OCH3 is 1. The van der Waals surface area contributed by atoms with Crippen LogP contribution in [-0.2, 0) is 25.3 Å². The number of ketones is 1. The van der Waals surface area contributed by atoms with Crippen LogP contribution in [0.5, 0.6) is 0 Å². The van der Waals surface area contributed by atoms with E-state index in [1.54, 1.807) is 24.3 Å². The van der Waals surface area contributed by atoms with Crippen molar-refractivity contribution in [2.24, 2.45) is 0 Å². The summed E-state index contributed by atoms with van der Waals surface area (Å²) in [5.74, 6) is -0.846. The van der Waals surface area contributed by atoms with Gasteiger partial charge in [0, 0.05) is 12.5 Å². The molecule has 0 fully saturated rings. The highest BCUT2D eigenvalue weighted by Gasteiger charge is 2.17. The zero-order valence-electron chi connectivity index (χ0n) is 14.2. The van der Waals surface area contributed by atoms with Crippen molar-refractivity contribution in [1.29, 1.82) is 0 Å². The molecule has 1 aromatic rings. The Morgan fingerprint density at radius 1 is 1.25 bits per heavy atom. The van der Waals surface area contributed by atoms with Crippen LogP contribution in [0.25, 0.3) is 0 Å². The quantitative estimate of drug-likeness (QED) is 0.423. The molecule has 0 amide bonds. The van der Waals surface area contributed by atoms with E-state index in [9.17, 15) is 13.8 Å². The van der Waals surface area contributed by atoms with Gasteiger partial charge in [-0.3, -0.25) is 9.59 Å². The number of hydrogen-bond donors (Lipinski definition) is 1. The molecule has 24 heavy (non-hydrogen) atoms. The first-order chi connectivity index (χ1) is 11.5. The molecule has 0 aliphatic rings. The maximum absolute atomic E-state index is 12.4. The first-order valence-corrected chi connectivity index (χ1v) is 8.74. The number of aryl methyl sites for hydroxylation is 1. The molecule has 5 nitrogen and oxygen atoms in total. The predicted molar refractivity (Wildman–Crippen MR) is 94.7 cm³/mol. The SMILES string of the molecule is C/C=C/C=C/[C@H](CC(=O)CC(=O)OC)N[S@](=O)c1ccc(C)cc1. The highest BCUT2D eigenvalue weighted by molar-refractivity contribution is 7.83. The van der Waals surface area contributed by atoms with Crippen molar-refractivity contribution in [3.8, 4) is 0 Å². The van der Waals surface area contributed by atoms with Gasteiger partial charge in [-0.25, -0.2) is 8.93 Å². The topological polar surface area (TPSA) is 72.5 Å². The van der Waals surface area contributed by atoms with Gasteiger partial charge in [-0.15, -0.1) is 0 Å². The molecule has 0 aromatic heterocycles. The average Bonchev–Trinajstić information content (AvgIpc) is 2.55. The number of carbonyl (C=O) groups excluding carboxylic acids is 2. The van der Waals surface area contributed by atoms with Gasteiger partial charge in [0.1, 0.15) is 23.2 Å². The van der Waals surface area contributed by atoms with Crippen LogP contribution in [0.3, 0.4) is 0 Å². The predicted octanol–water partition coefficient (Wildman–Crippen LogP) is 2.63. The molecular formula is C18H23NO4S. The van der Waals surface area contributed by atoms with Gasteiger partial charge in [0.2, 0.25) is 0 Å². The number of allylic oxidation sites excluding steroid dienone is 3. The van der Waals surface area contributed by atoms with Crippen molar-refractivity contribution in [3.63, 3.8) is 0 Å². The maximum atomic E-state index is 12.4. The third-order valence-electron chi connectivity index (χ3n) is 3.16. The molecule has 0 saturated carbocycles. The van der Waals surface area contributed by atoms with Crippen LogP contribution in [-0.4, -0.2) is 29.1 Å². The lowest BCUT2D eigenvalue weighted by Crippen LogP contribution is -2.32. The molecule has 1 rings (SSSR count). The Kier molecular flexibility index (Phi) is 8.89. The lowest BCUT2D eigenvalue weighted by Gasteiger charge is -2.14. The minimum atomic E-state index is -1.45. The zero-order valence-corrected chi connectivity index (χ0v) is 15.0. The molecule has 2 atom stereocenters. The summed E-state index contributed by atoms with van der Waals surface area (Å²) in [7, 11) is -0.212. The smallest absolute Gasteiger partial charge is 0.313 e. The first-order valence-electron chi connectivity index (χ1n) is 7.59. The largest absolute Gasteiger partial charge is 0.469 e. The van der Waals surface area contributed by atoms with Gasteiger partial charge < -0.3 is 4.74 Å². The van der Waals surface area contributed by atoms with Gasteiger partial charge in [0.25, 0.3) is 0 Å². The van der Waals surface area contributed by atoms with Gasteiger partial charge in [-0.1, -0.05) is 42.0 Å². The number of hydrogen-bond acceptors (Lipinski definition) is 4. The minimum Gasteiger partial charge on any atom is -0.469 e. The molecule has 6 heteroatoms. The summed E-state index contributed by atoms with van der Waals surface area (Å²) in [6, 6.07) is 6.87. The van der Waals surface area contributed by atoms with Crippen LogP contribution in [0.2, 0.25) is 0 Å². The number of carbonyl (C=O) groups is 2. The standard InChI is InChI=1S/C18H23NO4S/c1-4-5-6-7-15(12-16(20)13-18(21)23-3)19-24(22)17-10-8-14(2)9-11-17/h4-11,15,19H,12-13H2,1-3H3/b5-4+,7-6+/t15-,24-/m1/s1. The van der Waals surface area contributed by atoms with Crippen molar-refractivity contribution < 1.29 is 18.5 Å². The summed E-state index contributed by atoms with van der Waals surface area (Å²) in [5.41, 5.74) is 1.08. The second-order valence-corrected chi connectivity index (χ2v) is 6.46. The van der Waals surface area contributed by atoms with Gasteiger partial charge in [-0.2, -0.15) is 0 Å². The van der Waals surface area contributed by atoms with Crippen LogP contribution in [0, 0.1) is 6.92 Å². The van der Waals surface area contributed by atoms with Gasteiger partial charge in [-0.05, 0) is 26.0 Å². The second-order valence-electron chi connectivity index (χ2n) is 5.21. The molecule has 0 heterocycles. The molecule has 0 saturated heterocycles. The van der Waals surface area contributed by atoms with E-state index in [1.165, 1.54) is 7.11 Å². The number of ether oxygens (including phenoxy) is 1. The third-order valence-corrected chi connectivity index (χ3v) is 4.37. The van der Waals surface area contributed by atoms with E-state index in [0.717, 1.165) is 5.56 Å². The summed E-state index contributed by atoms with van der Waals surface area (Å²) in [6.45, 7) is 3.83. The molecule has 1 N–H and O–H groups in total. The second kappa shape index (κ2) is 10.7. The Bertz CT molecular complexity index is 635. The zero-order chi connectivity index (χ0) is 17.9. The number of esters is 1. The van der Waals surface area contributed by atoms with Crippen LogP contribution in [0.4, 0.5) is 0 Å². The van der Waals surface area contributed by atoms with E-state index in [-0.39, 0.29) is 18.6 Å². The molecule has 0 spiro atoms. The summed E-state index contributed by atoms with van der Waals surface area (Å²) >= 11 is 0. The fourth-order valence-electron chi connectivity index (χ4n) is 1.88. The van der Waals surface area contributed by atoms with Crippen molar-refractivity contribution in [2.75, 3.05) is 7.11 Å². The molecule has 0 radical (unpaired) electrons. The monoisotopic (exact) mass is 349 g/mol. The Balaban J connectivity index is 2.77. The normalized spacial score (nSPS) is 14.0. The Labute approximate surface area is 145 Å². The number of benzene rings is 1. The van der Waals surface area contributed by atoms with Crippen LogP contribution in [0.1, 0.15) is 25.3 Å². The van der Waals surface area contributed by atoms with Crippen molar-refractivity contribution in [1.82, 2.24) is 4.72 Å². The minimum absolute atomic E-state index is 0.0563. The lowest BCUT2D eigenvalue weighted by atomic mass is 10.1. The number of nitrogens with one attached hydrogen (secondary N) is 1. The van der Waals surface area contributed by atoms with E-state index in [0.29, 0.717) is 4.90 Å². The van der Waals surface area contributed by atoms with E-state index in [1.807, 2.05) is 38.1 Å². The highest BCUT2D eigenvalue weighted by Crippen LogP contribution is 2.09. The molecule has 130 valence electrons. The fraction of sp³-hybridized carbons (Fsp3) is 0.333. The Morgan fingerprint density at radius 2 is 1.92 bits per heavy atom. The molecule has 0 unspecified atom stereocenters. The van der Waals surface area contributed by atoms with E-state index in [2.05, 4.69) is 9.46 Å². The van der Waals surface area contributed by atoms with E-state index >= 15 is 0 Å². The van der Waals surface area contributed by atoms with Crippen molar-refractivity contribution in [2.45, 2.75) is 37.6 Å². The number of Topliss-reactive ketones (excluding diaryl/α,β-unsaturated/α-hetero) is 1. The van der Waals surface area contributed by atoms with Crippen LogP contribution in [0.15, 0.2) is 53.5 Å². The molecule has 0 aliphatic heterocycles. The summed E-state index contributed by atoms with van der Waals surface area (Å²) in [5, 5.41) is 0.